The molecule has 4 aromatic rings. The monoisotopic (exact) mass is 520 g/mol. The normalized spacial score (nSPS) is 11.2. The number of hydrogen-bond acceptors (Lipinski definition) is 4. The average molecular weight is 521 g/mol. The second-order valence-electron chi connectivity index (χ2n) is 8.40. The van der Waals surface area contributed by atoms with Crippen LogP contribution in [0.5, 0.6) is 5.75 Å². The molecule has 0 unspecified atom stereocenters. The highest BCUT2D eigenvalue weighted by Crippen LogP contribution is 2.17. The standard InChI is InChI=1S/C32H25FN2O4/c1-39-27-18-11-22(12-19-27)21-29(35-31(37)25-8-3-2-4-9-25)32(38)34-26-16-13-24(14-17-26)30(36)20-15-23-7-5-6-10-28(23)33/h2-21H,1H3,(H,34,38)(H,35,37)/b20-15+,29-21-. The first-order chi connectivity index (χ1) is 18.9. The van der Waals surface area contributed by atoms with Crippen LogP contribution in [0.4, 0.5) is 10.1 Å². The minimum atomic E-state index is -0.548. The van der Waals surface area contributed by atoms with Crippen LogP contribution in [0.2, 0.25) is 0 Å². The van der Waals surface area contributed by atoms with E-state index in [0.29, 0.717) is 33.7 Å². The van der Waals surface area contributed by atoms with Crippen molar-refractivity contribution in [3.8, 4) is 5.75 Å². The van der Waals surface area contributed by atoms with E-state index >= 15 is 0 Å². The van der Waals surface area contributed by atoms with Crippen molar-refractivity contribution >= 4 is 35.4 Å². The van der Waals surface area contributed by atoms with Gasteiger partial charge in [0.15, 0.2) is 5.78 Å². The van der Waals surface area contributed by atoms with Gasteiger partial charge in [-0.3, -0.25) is 14.4 Å². The summed E-state index contributed by atoms with van der Waals surface area (Å²) in [5.41, 5.74) is 2.20. The molecule has 194 valence electrons. The molecule has 4 rings (SSSR count). The fourth-order valence-electron chi connectivity index (χ4n) is 3.60. The number of ketones is 1. The quantitative estimate of drug-likeness (QED) is 0.205. The summed E-state index contributed by atoms with van der Waals surface area (Å²) in [6, 6.07) is 28.0. The molecule has 0 saturated heterocycles. The third-order valence-corrected chi connectivity index (χ3v) is 5.70. The van der Waals surface area contributed by atoms with Gasteiger partial charge in [-0.1, -0.05) is 48.5 Å². The average Bonchev–Trinajstić information content (AvgIpc) is 2.97. The van der Waals surface area contributed by atoms with Crippen molar-refractivity contribution in [2.45, 2.75) is 0 Å². The Morgan fingerprint density at radius 1 is 0.769 bits per heavy atom. The van der Waals surface area contributed by atoms with Crippen LogP contribution in [0, 0.1) is 5.82 Å². The Bertz CT molecular complexity index is 1530. The Morgan fingerprint density at radius 3 is 2.10 bits per heavy atom. The number of benzene rings is 4. The number of carbonyl (C=O) groups is 3. The largest absolute Gasteiger partial charge is 0.497 e. The van der Waals surface area contributed by atoms with Crippen LogP contribution in [0.3, 0.4) is 0 Å². The Hall–Kier alpha value is -5.30. The smallest absolute Gasteiger partial charge is 0.272 e. The molecule has 0 bridgehead atoms. The molecule has 0 aliphatic rings. The first-order valence-corrected chi connectivity index (χ1v) is 12.0. The first kappa shape index (κ1) is 26.8. The number of carbonyl (C=O) groups excluding carboxylic acids is 3. The lowest BCUT2D eigenvalue weighted by atomic mass is 10.1. The Kier molecular flexibility index (Phi) is 8.77. The third kappa shape index (κ3) is 7.36. The molecule has 0 atom stereocenters. The predicted octanol–water partition coefficient (Wildman–Crippen LogP) is 6.14. The van der Waals surface area contributed by atoms with E-state index in [1.54, 1.807) is 110 Å². The van der Waals surface area contributed by atoms with Crippen molar-refractivity contribution in [3.63, 3.8) is 0 Å². The molecule has 0 heterocycles. The second-order valence-corrected chi connectivity index (χ2v) is 8.40. The molecule has 0 fully saturated rings. The molecule has 6 nitrogen and oxygen atoms in total. The van der Waals surface area contributed by atoms with Crippen LogP contribution in [-0.2, 0) is 4.79 Å². The van der Waals surface area contributed by atoms with Crippen LogP contribution in [-0.4, -0.2) is 24.7 Å². The highest BCUT2D eigenvalue weighted by molar-refractivity contribution is 6.11. The maximum Gasteiger partial charge on any atom is 0.272 e. The van der Waals surface area contributed by atoms with E-state index in [-0.39, 0.29) is 11.5 Å². The second kappa shape index (κ2) is 12.8. The first-order valence-electron chi connectivity index (χ1n) is 12.0. The van der Waals surface area contributed by atoms with Gasteiger partial charge in [0.05, 0.1) is 7.11 Å². The summed E-state index contributed by atoms with van der Waals surface area (Å²) in [7, 11) is 1.56. The lowest BCUT2D eigenvalue weighted by molar-refractivity contribution is -0.113. The van der Waals surface area contributed by atoms with Gasteiger partial charge in [-0.2, -0.15) is 0 Å². The minimum absolute atomic E-state index is 0.0296. The van der Waals surface area contributed by atoms with Gasteiger partial charge < -0.3 is 15.4 Å². The summed E-state index contributed by atoms with van der Waals surface area (Å²) in [4.78, 5) is 38.5. The summed E-state index contributed by atoms with van der Waals surface area (Å²) in [5, 5.41) is 5.43. The number of nitrogens with one attached hydrogen (secondary N) is 2. The molecule has 39 heavy (non-hydrogen) atoms. The van der Waals surface area contributed by atoms with Crippen molar-refractivity contribution in [1.82, 2.24) is 5.32 Å². The van der Waals surface area contributed by atoms with E-state index < -0.39 is 17.6 Å². The van der Waals surface area contributed by atoms with Gasteiger partial charge in [-0.25, -0.2) is 4.39 Å². The van der Waals surface area contributed by atoms with Crippen molar-refractivity contribution in [1.29, 1.82) is 0 Å². The van der Waals surface area contributed by atoms with Gasteiger partial charge in [0, 0.05) is 22.4 Å². The Labute approximate surface area is 225 Å². The molecule has 0 aromatic heterocycles. The molecule has 0 saturated carbocycles. The fourth-order valence-corrected chi connectivity index (χ4v) is 3.60. The maximum absolute atomic E-state index is 13.8. The summed E-state index contributed by atoms with van der Waals surface area (Å²) in [6.07, 6.45) is 4.26. The van der Waals surface area contributed by atoms with Crippen LogP contribution >= 0.6 is 0 Å². The molecule has 0 aliphatic heterocycles. The number of amides is 2. The van der Waals surface area contributed by atoms with Crippen molar-refractivity contribution in [3.05, 3.63) is 143 Å². The van der Waals surface area contributed by atoms with E-state index in [9.17, 15) is 18.8 Å². The van der Waals surface area contributed by atoms with Crippen LogP contribution < -0.4 is 15.4 Å². The lowest BCUT2D eigenvalue weighted by Crippen LogP contribution is -2.30. The summed E-state index contributed by atoms with van der Waals surface area (Å²) in [6.45, 7) is 0. The van der Waals surface area contributed by atoms with Gasteiger partial charge in [-0.15, -0.1) is 0 Å². The number of methoxy groups -OCH3 is 1. The van der Waals surface area contributed by atoms with Gasteiger partial charge in [0.1, 0.15) is 17.3 Å². The van der Waals surface area contributed by atoms with Gasteiger partial charge in [0.2, 0.25) is 0 Å². The molecule has 2 N–H and O–H groups in total. The number of rotatable bonds is 9. The Balaban J connectivity index is 1.50. The lowest BCUT2D eigenvalue weighted by Gasteiger charge is -2.12. The number of anilines is 1. The summed E-state index contributed by atoms with van der Waals surface area (Å²) >= 11 is 0. The van der Waals surface area contributed by atoms with E-state index in [2.05, 4.69) is 10.6 Å². The molecular weight excluding hydrogens is 495 g/mol. The van der Waals surface area contributed by atoms with Crippen LogP contribution in [0.1, 0.15) is 31.8 Å². The number of hydrogen-bond donors (Lipinski definition) is 2. The summed E-state index contributed by atoms with van der Waals surface area (Å²) < 4.78 is 19.0. The number of ether oxygens (including phenoxy) is 1. The topological polar surface area (TPSA) is 84.5 Å². The zero-order chi connectivity index (χ0) is 27.6. The van der Waals surface area contributed by atoms with E-state index in [4.69, 9.17) is 4.74 Å². The molecule has 2 amide bonds. The number of halogens is 1. The van der Waals surface area contributed by atoms with E-state index in [1.807, 2.05) is 0 Å². The molecule has 4 aromatic carbocycles. The highest BCUT2D eigenvalue weighted by atomic mass is 19.1. The molecule has 7 heteroatoms. The fraction of sp³-hybridized carbons (Fsp3) is 0.0312. The third-order valence-electron chi connectivity index (χ3n) is 5.70. The number of allylic oxidation sites excluding steroid dienone is 1. The predicted molar refractivity (Wildman–Crippen MR) is 150 cm³/mol. The SMILES string of the molecule is COc1ccc(/C=C(\NC(=O)c2ccccc2)C(=O)Nc2ccc(C(=O)/C=C/c3ccccc3F)cc2)cc1. The minimum Gasteiger partial charge on any atom is -0.497 e. The Morgan fingerprint density at radius 2 is 1.44 bits per heavy atom. The zero-order valence-corrected chi connectivity index (χ0v) is 21.1. The van der Waals surface area contributed by atoms with Gasteiger partial charge >= 0.3 is 0 Å². The molecule has 0 spiro atoms. The van der Waals surface area contributed by atoms with Crippen molar-refractivity contribution in [2.24, 2.45) is 0 Å². The molecule has 0 aliphatic carbocycles. The van der Waals surface area contributed by atoms with Crippen molar-refractivity contribution < 1.29 is 23.5 Å². The van der Waals surface area contributed by atoms with E-state index in [0.717, 1.165) is 0 Å². The maximum atomic E-state index is 13.8. The zero-order valence-electron chi connectivity index (χ0n) is 21.1. The van der Waals surface area contributed by atoms with E-state index in [1.165, 1.54) is 18.2 Å². The van der Waals surface area contributed by atoms with Crippen LogP contribution in [0.25, 0.3) is 12.2 Å². The van der Waals surface area contributed by atoms with Crippen molar-refractivity contribution in [2.75, 3.05) is 12.4 Å². The molecule has 0 radical (unpaired) electrons. The summed E-state index contributed by atoms with van der Waals surface area (Å²) in [5.74, 6) is -1.06. The highest BCUT2D eigenvalue weighted by Gasteiger charge is 2.15. The van der Waals surface area contributed by atoms with Crippen LogP contribution in [0.15, 0.2) is 115 Å². The van der Waals surface area contributed by atoms with Gasteiger partial charge in [0.25, 0.3) is 11.8 Å². The molecular formula is C32H25FN2O4. The van der Waals surface area contributed by atoms with Gasteiger partial charge in [-0.05, 0) is 78.4 Å².